The molecule has 2 aliphatic rings. The van der Waals surface area contributed by atoms with E-state index in [-0.39, 0.29) is 11.8 Å². The van der Waals surface area contributed by atoms with Crippen molar-refractivity contribution in [2.45, 2.75) is 18.3 Å². The topological polar surface area (TPSA) is 57.6 Å². The van der Waals surface area contributed by atoms with Gasteiger partial charge in [-0.25, -0.2) is 0 Å². The molecule has 1 amide bonds. The quantitative estimate of drug-likeness (QED) is 0.675. The molecule has 1 aromatic heterocycles. The van der Waals surface area contributed by atoms with Gasteiger partial charge in [0.05, 0.1) is 5.69 Å². The van der Waals surface area contributed by atoms with Crippen LogP contribution in [0.4, 0.5) is 17.1 Å². The van der Waals surface area contributed by atoms with Crippen molar-refractivity contribution in [3.8, 4) is 0 Å². The molecule has 2 aliphatic heterocycles. The number of aromatic nitrogens is 1. The van der Waals surface area contributed by atoms with Crippen molar-refractivity contribution in [1.82, 2.24) is 4.98 Å². The molecule has 0 saturated carbocycles. The third-order valence-electron chi connectivity index (χ3n) is 5.79. The van der Waals surface area contributed by atoms with Crippen LogP contribution in [0.15, 0.2) is 78.0 Å². The third-order valence-corrected chi connectivity index (χ3v) is 5.79. The Hall–Kier alpha value is -3.47. The van der Waals surface area contributed by atoms with E-state index in [4.69, 9.17) is 0 Å². The molecule has 1 saturated heterocycles. The number of nitrogens with zero attached hydrogens (tertiary/aromatic N) is 3. The Kier molecular flexibility index (Phi) is 4.56. The monoisotopic (exact) mass is 382 g/mol. The highest BCUT2D eigenvalue weighted by molar-refractivity contribution is 6.12. The number of amides is 1. The molecule has 1 fully saturated rings. The van der Waals surface area contributed by atoms with Gasteiger partial charge >= 0.3 is 0 Å². The Labute approximate surface area is 170 Å². The van der Waals surface area contributed by atoms with E-state index in [1.54, 1.807) is 6.21 Å². The largest absolute Gasteiger partial charge is 0.371 e. The Morgan fingerprint density at radius 2 is 1.83 bits per heavy atom. The number of carbonyl (C=O) groups is 1. The summed E-state index contributed by atoms with van der Waals surface area (Å²) in [5.41, 5.74) is 5.29. The minimum absolute atomic E-state index is 0.0224. The number of fused-ring (bicyclic) bond motifs is 1. The van der Waals surface area contributed by atoms with Crippen LogP contribution < -0.4 is 10.2 Å². The van der Waals surface area contributed by atoms with E-state index in [0.717, 1.165) is 36.4 Å². The van der Waals surface area contributed by atoms with Crippen LogP contribution in [0.3, 0.4) is 0 Å². The molecule has 5 heteroatoms. The minimum Gasteiger partial charge on any atom is -0.371 e. The summed E-state index contributed by atoms with van der Waals surface area (Å²) in [5.74, 6) is 0.202. The maximum atomic E-state index is 12.2. The summed E-state index contributed by atoms with van der Waals surface area (Å²) in [5, 5.41) is 2.91. The summed E-state index contributed by atoms with van der Waals surface area (Å²) in [6.45, 7) is 2.07. The van der Waals surface area contributed by atoms with Gasteiger partial charge in [0.25, 0.3) is 0 Å². The lowest BCUT2D eigenvalue weighted by Gasteiger charge is -2.19. The molecule has 1 N–H and O–H groups in total. The summed E-state index contributed by atoms with van der Waals surface area (Å²) in [6.07, 6.45) is 6.63. The second-order valence-corrected chi connectivity index (χ2v) is 7.56. The van der Waals surface area contributed by atoms with Gasteiger partial charge in [0.15, 0.2) is 0 Å². The molecule has 2 atom stereocenters. The van der Waals surface area contributed by atoms with Crippen LogP contribution in [0.1, 0.15) is 29.4 Å². The third kappa shape index (κ3) is 3.51. The average Bonchev–Trinajstić information content (AvgIpc) is 3.38. The normalized spacial score (nSPS) is 20.8. The van der Waals surface area contributed by atoms with Gasteiger partial charge in [0.1, 0.15) is 5.92 Å². The molecule has 3 heterocycles. The zero-order chi connectivity index (χ0) is 19.6. The van der Waals surface area contributed by atoms with Gasteiger partial charge in [0, 0.05) is 49.0 Å². The molecule has 0 spiro atoms. The van der Waals surface area contributed by atoms with Crippen LogP contribution in [-0.2, 0) is 4.79 Å². The summed E-state index contributed by atoms with van der Waals surface area (Å²) in [7, 11) is 0. The van der Waals surface area contributed by atoms with Crippen molar-refractivity contribution in [3.05, 3.63) is 84.2 Å². The molecule has 2 unspecified atom stereocenters. The standard InChI is InChI=1S/C24H22N4O/c29-24-22(21-3-1-2-4-23(21)27-24)15-26-19-5-7-20(8-6-19)28-14-11-18(16-28)17-9-12-25-13-10-17/h1-10,12-13,15,18,22H,11,14,16H2,(H,27,29). The van der Waals surface area contributed by atoms with Crippen LogP contribution in [-0.4, -0.2) is 30.2 Å². The van der Waals surface area contributed by atoms with Gasteiger partial charge in [-0.15, -0.1) is 0 Å². The van der Waals surface area contributed by atoms with Gasteiger partial charge in [-0.3, -0.25) is 14.8 Å². The van der Waals surface area contributed by atoms with E-state index in [9.17, 15) is 4.79 Å². The molecule has 0 bridgehead atoms. The van der Waals surface area contributed by atoms with Crippen LogP contribution in [0.25, 0.3) is 0 Å². The van der Waals surface area contributed by atoms with E-state index in [1.807, 2.05) is 48.8 Å². The van der Waals surface area contributed by atoms with Crippen molar-refractivity contribution in [2.24, 2.45) is 4.99 Å². The number of anilines is 2. The second-order valence-electron chi connectivity index (χ2n) is 7.56. The number of carbonyl (C=O) groups excluding carboxylic acids is 1. The second kappa shape index (κ2) is 7.51. The number of benzene rings is 2. The van der Waals surface area contributed by atoms with Crippen LogP contribution in [0.5, 0.6) is 0 Å². The van der Waals surface area contributed by atoms with E-state index < -0.39 is 0 Å². The number of nitrogens with one attached hydrogen (secondary N) is 1. The Morgan fingerprint density at radius 1 is 1.03 bits per heavy atom. The Morgan fingerprint density at radius 3 is 2.66 bits per heavy atom. The molecule has 29 heavy (non-hydrogen) atoms. The molecule has 0 radical (unpaired) electrons. The first-order chi connectivity index (χ1) is 14.3. The van der Waals surface area contributed by atoms with Crippen molar-refractivity contribution in [1.29, 1.82) is 0 Å². The van der Waals surface area contributed by atoms with Crippen LogP contribution in [0.2, 0.25) is 0 Å². The molecule has 144 valence electrons. The molecule has 3 aromatic rings. The highest BCUT2D eigenvalue weighted by atomic mass is 16.2. The van der Waals surface area contributed by atoms with Gasteiger partial charge in [-0.1, -0.05) is 18.2 Å². The molecule has 0 aliphatic carbocycles. The highest BCUT2D eigenvalue weighted by Gasteiger charge is 2.28. The number of pyridine rings is 1. The number of aliphatic imine (C=N–C) groups is 1. The fraction of sp³-hybridized carbons (Fsp3) is 0.208. The number of rotatable bonds is 4. The predicted molar refractivity (Wildman–Crippen MR) is 116 cm³/mol. The van der Waals surface area contributed by atoms with Gasteiger partial charge in [-0.05, 0) is 60.0 Å². The first-order valence-electron chi connectivity index (χ1n) is 9.97. The van der Waals surface area contributed by atoms with Crippen molar-refractivity contribution in [2.75, 3.05) is 23.3 Å². The molecule has 5 nitrogen and oxygen atoms in total. The fourth-order valence-corrected chi connectivity index (χ4v) is 4.19. The molecule has 2 aromatic carbocycles. The first kappa shape index (κ1) is 17.6. The van der Waals surface area contributed by atoms with E-state index in [0.29, 0.717) is 5.92 Å². The summed E-state index contributed by atoms with van der Waals surface area (Å²) in [6, 6.07) is 20.3. The Bertz CT molecular complexity index is 1050. The Balaban J connectivity index is 1.27. The number of hydrogen-bond acceptors (Lipinski definition) is 4. The highest BCUT2D eigenvalue weighted by Crippen LogP contribution is 2.33. The fourth-order valence-electron chi connectivity index (χ4n) is 4.19. The van der Waals surface area contributed by atoms with Crippen molar-refractivity contribution in [3.63, 3.8) is 0 Å². The molecule has 5 rings (SSSR count). The zero-order valence-electron chi connectivity index (χ0n) is 16.0. The molecular formula is C24H22N4O. The van der Waals surface area contributed by atoms with Crippen molar-refractivity contribution >= 4 is 29.2 Å². The van der Waals surface area contributed by atoms with Gasteiger partial charge in [-0.2, -0.15) is 0 Å². The first-order valence-corrected chi connectivity index (χ1v) is 9.97. The number of para-hydroxylation sites is 1. The summed E-state index contributed by atoms with van der Waals surface area (Å²) < 4.78 is 0. The van der Waals surface area contributed by atoms with Gasteiger partial charge < -0.3 is 10.2 Å². The zero-order valence-corrected chi connectivity index (χ0v) is 16.0. The lowest BCUT2D eigenvalue weighted by Crippen LogP contribution is -2.18. The van der Waals surface area contributed by atoms with E-state index >= 15 is 0 Å². The van der Waals surface area contributed by atoms with Crippen molar-refractivity contribution < 1.29 is 4.79 Å². The lowest BCUT2D eigenvalue weighted by atomic mass is 10.00. The summed E-state index contributed by atoms with van der Waals surface area (Å²) >= 11 is 0. The summed E-state index contributed by atoms with van der Waals surface area (Å²) in [4.78, 5) is 23.3. The van der Waals surface area contributed by atoms with Gasteiger partial charge in [0.2, 0.25) is 5.91 Å². The maximum absolute atomic E-state index is 12.2. The minimum atomic E-state index is -0.328. The predicted octanol–water partition coefficient (Wildman–Crippen LogP) is 4.51. The average molecular weight is 382 g/mol. The maximum Gasteiger partial charge on any atom is 0.237 e. The van der Waals surface area contributed by atoms with Crippen LogP contribution in [0, 0.1) is 0 Å². The number of hydrogen-bond donors (Lipinski definition) is 1. The molecular weight excluding hydrogens is 360 g/mol. The van der Waals surface area contributed by atoms with Crippen LogP contribution >= 0.6 is 0 Å². The van der Waals surface area contributed by atoms with E-state index in [2.05, 4.69) is 44.5 Å². The smallest absolute Gasteiger partial charge is 0.237 e. The lowest BCUT2D eigenvalue weighted by molar-refractivity contribution is -0.115. The SMILES string of the molecule is O=C1Nc2ccccc2C1C=Nc1ccc(N2CCC(c3ccncc3)C2)cc1. The van der Waals surface area contributed by atoms with E-state index in [1.165, 1.54) is 11.3 Å².